The topological polar surface area (TPSA) is 118 Å². The Morgan fingerprint density at radius 2 is 1.66 bits per heavy atom. The second-order valence-corrected chi connectivity index (χ2v) is 8.54. The van der Waals surface area contributed by atoms with Gasteiger partial charge in [-0.2, -0.15) is 0 Å². The van der Waals surface area contributed by atoms with Gasteiger partial charge in [-0.3, -0.25) is 4.79 Å². The third-order valence-electron chi connectivity index (χ3n) is 6.05. The maximum atomic E-state index is 12.4. The minimum absolute atomic E-state index is 0.00621. The fourth-order valence-corrected chi connectivity index (χ4v) is 4.21. The average molecular weight is 474 g/mol. The Balaban J connectivity index is 1.20. The lowest BCUT2D eigenvalue weighted by molar-refractivity contribution is -0.121. The van der Waals surface area contributed by atoms with Crippen LogP contribution in [0.25, 0.3) is 11.1 Å². The molecule has 1 unspecified atom stereocenters. The van der Waals surface area contributed by atoms with E-state index in [0.717, 1.165) is 11.1 Å². The highest BCUT2D eigenvalue weighted by atomic mass is 16.5. The number of carbonyl (C=O) groups excluding carboxylic acids is 2. The van der Waals surface area contributed by atoms with Crippen LogP contribution in [-0.2, 0) is 16.1 Å². The number of aromatic nitrogens is 1. The van der Waals surface area contributed by atoms with Crippen molar-refractivity contribution < 1.29 is 24.2 Å². The first-order valence-corrected chi connectivity index (χ1v) is 11.5. The number of amides is 2. The molecule has 0 saturated heterocycles. The number of nitrogens with one attached hydrogen (secondary N) is 2. The molecule has 8 nitrogen and oxygen atoms in total. The van der Waals surface area contributed by atoms with Gasteiger partial charge in [-0.15, -0.1) is 0 Å². The maximum absolute atomic E-state index is 12.4. The van der Waals surface area contributed by atoms with Crippen LogP contribution in [0, 0.1) is 0 Å². The van der Waals surface area contributed by atoms with Crippen molar-refractivity contribution in [2.75, 3.05) is 6.61 Å². The van der Waals surface area contributed by atoms with E-state index in [1.165, 1.54) is 23.4 Å². The van der Waals surface area contributed by atoms with E-state index in [0.29, 0.717) is 12.0 Å². The molecule has 1 heterocycles. The highest BCUT2D eigenvalue weighted by Gasteiger charge is 2.29. The van der Waals surface area contributed by atoms with Crippen LogP contribution in [-0.4, -0.2) is 40.7 Å². The van der Waals surface area contributed by atoms with Gasteiger partial charge in [0.05, 0.1) is 0 Å². The van der Waals surface area contributed by atoms with Crippen molar-refractivity contribution in [3.63, 3.8) is 0 Å². The molecule has 8 heteroatoms. The number of hydrogen-bond donors (Lipinski definition) is 3. The molecule has 3 N–H and O–H groups in total. The van der Waals surface area contributed by atoms with Crippen molar-refractivity contribution in [1.82, 2.24) is 15.6 Å². The first-order valence-electron chi connectivity index (χ1n) is 11.5. The molecule has 1 aromatic heterocycles. The normalized spacial score (nSPS) is 12.8. The smallest absolute Gasteiger partial charge is 0.407 e. The lowest BCUT2D eigenvalue weighted by Gasteiger charge is -2.17. The number of carboxylic acids is 1. The van der Waals surface area contributed by atoms with Crippen LogP contribution in [0.15, 0.2) is 66.9 Å². The van der Waals surface area contributed by atoms with Crippen molar-refractivity contribution in [2.24, 2.45) is 0 Å². The van der Waals surface area contributed by atoms with Gasteiger partial charge in [0.15, 0.2) is 0 Å². The Hall–Kier alpha value is -4.20. The summed E-state index contributed by atoms with van der Waals surface area (Å²) in [5, 5.41) is 14.4. The molecule has 0 aliphatic heterocycles. The standard InChI is InChI=1S/C27H27N3O5/c1-17(10-13-25(31)29-15-18-11-12-24(26(32)33)28-14-18)30-27(34)35-16-23-21-8-4-2-6-19(21)20-7-3-5-9-22(20)23/h2-9,11-12,14,17,23H,10,13,15-16H2,1H3,(H,29,31)(H,30,34)(H,32,33). The first-order chi connectivity index (χ1) is 16.9. The summed E-state index contributed by atoms with van der Waals surface area (Å²) in [6.45, 7) is 2.31. The third-order valence-corrected chi connectivity index (χ3v) is 6.05. The van der Waals surface area contributed by atoms with Gasteiger partial charge in [0.25, 0.3) is 0 Å². The fourth-order valence-electron chi connectivity index (χ4n) is 4.21. The zero-order chi connectivity index (χ0) is 24.8. The zero-order valence-corrected chi connectivity index (χ0v) is 19.4. The Labute approximate surface area is 203 Å². The Kier molecular flexibility index (Phi) is 7.40. The van der Waals surface area contributed by atoms with Gasteiger partial charge in [0.2, 0.25) is 5.91 Å². The fraction of sp³-hybridized carbons (Fsp3) is 0.259. The molecular weight excluding hydrogens is 446 g/mol. The predicted octanol–water partition coefficient (Wildman–Crippen LogP) is 4.10. The van der Waals surface area contributed by atoms with E-state index in [-0.39, 0.29) is 43.1 Å². The first kappa shape index (κ1) is 23.9. The zero-order valence-electron chi connectivity index (χ0n) is 19.4. The predicted molar refractivity (Wildman–Crippen MR) is 130 cm³/mol. The molecule has 35 heavy (non-hydrogen) atoms. The largest absolute Gasteiger partial charge is 0.477 e. The van der Waals surface area contributed by atoms with Crippen LogP contribution < -0.4 is 10.6 Å². The van der Waals surface area contributed by atoms with Crippen LogP contribution >= 0.6 is 0 Å². The number of ether oxygens (including phenoxy) is 1. The number of carbonyl (C=O) groups is 3. The number of rotatable bonds is 9. The molecule has 0 fully saturated rings. The molecule has 1 atom stereocenters. The molecular formula is C27H27N3O5. The van der Waals surface area contributed by atoms with Gasteiger partial charge in [0, 0.05) is 31.1 Å². The van der Waals surface area contributed by atoms with Crippen molar-refractivity contribution >= 4 is 18.0 Å². The van der Waals surface area contributed by atoms with Crippen LogP contribution in [0.1, 0.15) is 52.9 Å². The van der Waals surface area contributed by atoms with E-state index in [1.54, 1.807) is 6.07 Å². The van der Waals surface area contributed by atoms with E-state index < -0.39 is 12.1 Å². The second kappa shape index (κ2) is 10.8. The third kappa shape index (κ3) is 5.84. The van der Waals surface area contributed by atoms with E-state index in [2.05, 4.69) is 39.9 Å². The highest BCUT2D eigenvalue weighted by Crippen LogP contribution is 2.44. The lowest BCUT2D eigenvalue weighted by Crippen LogP contribution is -2.35. The molecule has 1 aliphatic rings. The number of pyridine rings is 1. The van der Waals surface area contributed by atoms with Gasteiger partial charge >= 0.3 is 12.1 Å². The quantitative estimate of drug-likeness (QED) is 0.431. The number of benzene rings is 2. The summed E-state index contributed by atoms with van der Waals surface area (Å²) in [7, 11) is 0. The number of alkyl carbamates (subject to hydrolysis) is 1. The van der Waals surface area contributed by atoms with Gasteiger partial charge in [-0.05, 0) is 47.2 Å². The lowest BCUT2D eigenvalue weighted by atomic mass is 9.98. The number of carboxylic acid groups (broad SMARTS) is 1. The monoisotopic (exact) mass is 473 g/mol. The molecule has 2 aromatic carbocycles. The second-order valence-electron chi connectivity index (χ2n) is 8.54. The summed E-state index contributed by atoms with van der Waals surface area (Å²) < 4.78 is 5.55. The van der Waals surface area contributed by atoms with Gasteiger partial charge in [0.1, 0.15) is 12.3 Å². The minimum Gasteiger partial charge on any atom is -0.477 e. The van der Waals surface area contributed by atoms with Crippen molar-refractivity contribution in [3.05, 3.63) is 89.2 Å². The maximum Gasteiger partial charge on any atom is 0.407 e. The molecule has 0 spiro atoms. The van der Waals surface area contributed by atoms with Crippen molar-refractivity contribution in [3.8, 4) is 11.1 Å². The van der Waals surface area contributed by atoms with Crippen LogP contribution in [0.2, 0.25) is 0 Å². The summed E-state index contributed by atoms with van der Waals surface area (Å²) in [6.07, 6.45) is 1.59. The molecule has 0 saturated carbocycles. The summed E-state index contributed by atoms with van der Waals surface area (Å²) in [5.74, 6) is -1.28. The number of hydrogen-bond acceptors (Lipinski definition) is 5. The van der Waals surface area contributed by atoms with Crippen molar-refractivity contribution in [1.29, 1.82) is 0 Å². The number of aromatic carboxylic acids is 1. The van der Waals surface area contributed by atoms with Crippen LogP contribution in [0.4, 0.5) is 4.79 Å². The highest BCUT2D eigenvalue weighted by molar-refractivity contribution is 5.85. The molecule has 0 bridgehead atoms. The molecule has 4 rings (SSSR count). The SMILES string of the molecule is CC(CCC(=O)NCc1ccc(C(=O)O)nc1)NC(=O)OCC1c2ccccc2-c2ccccc21. The van der Waals surface area contributed by atoms with Crippen LogP contribution in [0.3, 0.4) is 0 Å². The van der Waals surface area contributed by atoms with E-state index in [1.807, 2.05) is 31.2 Å². The summed E-state index contributed by atoms with van der Waals surface area (Å²) in [5.41, 5.74) is 5.30. The Morgan fingerprint density at radius 1 is 1.00 bits per heavy atom. The Bertz CT molecular complexity index is 1180. The summed E-state index contributed by atoms with van der Waals surface area (Å²) in [6, 6.07) is 19.1. The van der Waals surface area contributed by atoms with E-state index >= 15 is 0 Å². The number of nitrogens with zero attached hydrogens (tertiary/aromatic N) is 1. The Morgan fingerprint density at radius 3 is 2.26 bits per heavy atom. The summed E-state index contributed by atoms with van der Waals surface area (Å²) >= 11 is 0. The van der Waals surface area contributed by atoms with E-state index in [9.17, 15) is 14.4 Å². The summed E-state index contributed by atoms with van der Waals surface area (Å²) in [4.78, 5) is 39.2. The molecule has 180 valence electrons. The molecule has 3 aromatic rings. The minimum atomic E-state index is -1.10. The van der Waals surface area contributed by atoms with Crippen LogP contribution in [0.5, 0.6) is 0 Å². The molecule has 1 aliphatic carbocycles. The van der Waals surface area contributed by atoms with Gasteiger partial charge in [-0.25, -0.2) is 14.6 Å². The van der Waals surface area contributed by atoms with E-state index in [4.69, 9.17) is 9.84 Å². The van der Waals surface area contributed by atoms with Gasteiger partial charge < -0.3 is 20.5 Å². The molecule has 0 radical (unpaired) electrons. The van der Waals surface area contributed by atoms with Gasteiger partial charge in [-0.1, -0.05) is 54.6 Å². The number of fused-ring (bicyclic) bond motifs is 3. The average Bonchev–Trinajstić information content (AvgIpc) is 3.19. The van der Waals surface area contributed by atoms with Crippen molar-refractivity contribution in [2.45, 2.75) is 38.3 Å². The molecule has 2 amide bonds.